The lowest BCUT2D eigenvalue weighted by Gasteiger charge is -2.07. The van der Waals surface area contributed by atoms with E-state index in [0.29, 0.717) is 28.3 Å². The lowest BCUT2D eigenvalue weighted by molar-refractivity contribution is -0.136. The molecule has 10 heteroatoms. The van der Waals surface area contributed by atoms with E-state index in [9.17, 15) is 19.2 Å². The van der Waals surface area contributed by atoms with E-state index in [1.54, 1.807) is 79.3 Å². The number of ether oxygens (including phenoxy) is 1. The van der Waals surface area contributed by atoms with Gasteiger partial charge in [0.05, 0.1) is 23.2 Å². The number of aromatic nitrogens is 2. The van der Waals surface area contributed by atoms with Crippen molar-refractivity contribution in [1.29, 1.82) is 0 Å². The smallest absolute Gasteiger partial charge is 0.343 e. The van der Waals surface area contributed by atoms with Crippen molar-refractivity contribution in [2.24, 2.45) is 12.1 Å². The molecule has 38 heavy (non-hydrogen) atoms. The molecule has 0 aliphatic carbocycles. The van der Waals surface area contributed by atoms with Crippen molar-refractivity contribution in [3.8, 4) is 11.4 Å². The third-order valence-corrected chi connectivity index (χ3v) is 5.76. The number of hydrazone groups is 1. The fourth-order valence-corrected chi connectivity index (χ4v) is 3.58. The average Bonchev–Trinajstić information content (AvgIpc) is 3.13. The molecule has 0 unspecified atom stereocenters. The van der Waals surface area contributed by atoms with Crippen molar-refractivity contribution >= 4 is 29.7 Å². The largest absolute Gasteiger partial charge is 0.423 e. The van der Waals surface area contributed by atoms with Crippen LogP contribution in [0.3, 0.4) is 0 Å². The van der Waals surface area contributed by atoms with Gasteiger partial charge in [-0.1, -0.05) is 35.9 Å². The number of amides is 2. The van der Waals surface area contributed by atoms with Gasteiger partial charge >= 0.3 is 17.8 Å². The summed E-state index contributed by atoms with van der Waals surface area (Å²) >= 11 is 0. The van der Waals surface area contributed by atoms with Crippen molar-refractivity contribution in [2.75, 3.05) is 5.32 Å². The van der Waals surface area contributed by atoms with Crippen LogP contribution in [0.4, 0.5) is 5.69 Å². The van der Waals surface area contributed by atoms with E-state index in [4.69, 9.17) is 4.74 Å². The van der Waals surface area contributed by atoms with Crippen LogP contribution in [0.1, 0.15) is 27.2 Å². The summed E-state index contributed by atoms with van der Waals surface area (Å²) < 4.78 is 8.33. The number of hydrogen-bond donors (Lipinski definition) is 2. The fraction of sp³-hybridized carbons (Fsp3) is 0.107. The van der Waals surface area contributed by atoms with Crippen molar-refractivity contribution < 1.29 is 19.1 Å². The Kier molecular flexibility index (Phi) is 7.62. The molecule has 0 saturated carbocycles. The van der Waals surface area contributed by atoms with E-state index in [2.05, 4.69) is 15.8 Å². The first-order chi connectivity index (χ1) is 18.2. The van der Waals surface area contributed by atoms with Crippen LogP contribution in [0, 0.1) is 13.8 Å². The molecule has 0 radical (unpaired) electrons. The van der Waals surface area contributed by atoms with E-state index in [-0.39, 0.29) is 5.69 Å². The molecule has 192 valence electrons. The molecular weight excluding hydrogens is 486 g/mol. The van der Waals surface area contributed by atoms with E-state index in [1.807, 2.05) is 25.1 Å². The molecule has 4 rings (SSSR count). The molecule has 0 saturated heterocycles. The van der Waals surface area contributed by atoms with Crippen molar-refractivity contribution in [2.45, 2.75) is 13.8 Å². The Morgan fingerprint density at radius 2 is 1.53 bits per heavy atom. The number of anilines is 1. The minimum Gasteiger partial charge on any atom is -0.423 e. The molecule has 0 spiro atoms. The number of benzene rings is 3. The highest BCUT2D eigenvalue weighted by Gasteiger charge is 2.21. The summed E-state index contributed by atoms with van der Waals surface area (Å²) in [5, 5.41) is 6.16. The number of carbonyl (C=O) groups excluding carboxylic acids is 3. The maximum absolute atomic E-state index is 12.9. The van der Waals surface area contributed by atoms with Crippen LogP contribution in [-0.4, -0.2) is 33.4 Å². The van der Waals surface area contributed by atoms with Crippen LogP contribution in [0.25, 0.3) is 5.69 Å². The van der Waals surface area contributed by atoms with Crippen molar-refractivity contribution in [3.63, 3.8) is 0 Å². The van der Waals surface area contributed by atoms with Gasteiger partial charge in [-0.25, -0.2) is 14.9 Å². The van der Waals surface area contributed by atoms with Crippen LogP contribution in [0.2, 0.25) is 0 Å². The predicted molar refractivity (Wildman–Crippen MR) is 143 cm³/mol. The lowest BCUT2D eigenvalue weighted by Crippen LogP contribution is -2.34. The van der Waals surface area contributed by atoms with Crippen LogP contribution in [-0.2, 0) is 16.6 Å². The summed E-state index contributed by atoms with van der Waals surface area (Å²) in [5.74, 6) is -2.21. The zero-order chi connectivity index (χ0) is 27.2. The number of para-hydroxylation sites is 1. The van der Waals surface area contributed by atoms with E-state index in [0.717, 1.165) is 5.56 Å². The molecule has 0 atom stereocenters. The van der Waals surface area contributed by atoms with Crippen LogP contribution in [0.5, 0.6) is 5.75 Å². The third kappa shape index (κ3) is 5.76. The van der Waals surface area contributed by atoms with Crippen molar-refractivity contribution in [1.82, 2.24) is 14.8 Å². The number of carbonyl (C=O) groups is 3. The number of rotatable bonds is 6. The summed E-state index contributed by atoms with van der Waals surface area (Å²) in [4.78, 5) is 49.8. The van der Waals surface area contributed by atoms with Gasteiger partial charge in [0.2, 0.25) is 0 Å². The first-order valence-corrected chi connectivity index (χ1v) is 11.6. The number of nitrogens with zero attached hydrogens (tertiary/aromatic N) is 3. The Morgan fingerprint density at radius 3 is 2.18 bits per heavy atom. The molecule has 1 aromatic heterocycles. The van der Waals surface area contributed by atoms with E-state index >= 15 is 0 Å². The average molecular weight is 512 g/mol. The van der Waals surface area contributed by atoms with Gasteiger partial charge in [0.25, 0.3) is 5.56 Å². The Labute approximate surface area is 218 Å². The third-order valence-electron chi connectivity index (χ3n) is 5.76. The van der Waals surface area contributed by atoms with Gasteiger partial charge in [-0.2, -0.15) is 5.10 Å². The first-order valence-electron chi connectivity index (χ1n) is 11.6. The number of esters is 1. The van der Waals surface area contributed by atoms with Crippen LogP contribution >= 0.6 is 0 Å². The quantitative estimate of drug-likeness (QED) is 0.135. The topological polar surface area (TPSA) is 124 Å². The predicted octanol–water partition coefficient (Wildman–Crippen LogP) is 3.10. The monoisotopic (exact) mass is 511 g/mol. The molecule has 1 heterocycles. The van der Waals surface area contributed by atoms with Gasteiger partial charge in [-0.15, -0.1) is 0 Å². The van der Waals surface area contributed by atoms with E-state index in [1.165, 1.54) is 10.9 Å². The molecule has 0 aliphatic heterocycles. The maximum Gasteiger partial charge on any atom is 0.343 e. The molecular formula is C28H25N5O5. The minimum atomic E-state index is -1.04. The van der Waals surface area contributed by atoms with Gasteiger partial charge in [-0.05, 0) is 67.9 Å². The highest BCUT2D eigenvalue weighted by atomic mass is 16.5. The standard InChI is InChI=1S/C28H25N5O5/c1-18-9-13-21(14-10-18)28(37)38-23-15-11-20(12-16-23)17-29-31-26(35)25(34)30-24-19(2)32(3)33(27(24)36)22-7-5-4-6-8-22/h4-17H,1-3H3,(H,30,34)(H,31,35)/b29-17+. The lowest BCUT2D eigenvalue weighted by atomic mass is 10.1. The molecule has 3 aromatic carbocycles. The normalized spacial score (nSPS) is 10.8. The Balaban J connectivity index is 1.34. The second kappa shape index (κ2) is 11.2. The second-order valence-corrected chi connectivity index (χ2v) is 8.41. The summed E-state index contributed by atoms with van der Waals surface area (Å²) in [7, 11) is 1.68. The Bertz CT molecular complexity index is 1570. The van der Waals surface area contributed by atoms with Gasteiger partial charge in [0.15, 0.2) is 0 Å². The molecule has 0 bridgehead atoms. The van der Waals surface area contributed by atoms with E-state index < -0.39 is 23.3 Å². The number of nitrogens with one attached hydrogen (secondary N) is 2. The zero-order valence-electron chi connectivity index (χ0n) is 21.0. The van der Waals surface area contributed by atoms with Crippen LogP contribution < -0.4 is 21.0 Å². The second-order valence-electron chi connectivity index (χ2n) is 8.41. The molecule has 2 N–H and O–H groups in total. The zero-order valence-corrected chi connectivity index (χ0v) is 21.0. The molecule has 4 aromatic rings. The fourth-order valence-electron chi connectivity index (χ4n) is 3.58. The summed E-state index contributed by atoms with van der Waals surface area (Å²) in [6.45, 7) is 3.59. The Morgan fingerprint density at radius 1 is 0.868 bits per heavy atom. The number of aryl methyl sites for hydroxylation is 1. The maximum atomic E-state index is 12.9. The summed E-state index contributed by atoms with van der Waals surface area (Å²) in [6, 6.07) is 22.4. The molecule has 10 nitrogen and oxygen atoms in total. The molecule has 0 aliphatic rings. The van der Waals surface area contributed by atoms with Crippen LogP contribution in [0.15, 0.2) is 88.8 Å². The van der Waals surface area contributed by atoms with Gasteiger partial charge in [-0.3, -0.25) is 19.1 Å². The summed E-state index contributed by atoms with van der Waals surface area (Å²) in [5.41, 5.74) is 4.82. The SMILES string of the molecule is Cc1ccc(C(=O)Oc2ccc(/C=N/NC(=O)C(=O)Nc3c(C)n(C)n(-c4ccccc4)c3=O)cc2)cc1. The Hall–Kier alpha value is -5.25. The first kappa shape index (κ1) is 25.8. The molecule has 0 fully saturated rings. The summed E-state index contributed by atoms with van der Waals surface area (Å²) in [6.07, 6.45) is 1.33. The number of hydrogen-bond acceptors (Lipinski definition) is 6. The minimum absolute atomic E-state index is 0.00347. The molecule has 2 amide bonds. The van der Waals surface area contributed by atoms with Gasteiger partial charge in [0, 0.05) is 7.05 Å². The highest BCUT2D eigenvalue weighted by molar-refractivity contribution is 6.39. The van der Waals surface area contributed by atoms with Crippen molar-refractivity contribution in [3.05, 3.63) is 112 Å². The highest BCUT2D eigenvalue weighted by Crippen LogP contribution is 2.15. The van der Waals surface area contributed by atoms with Gasteiger partial charge in [0.1, 0.15) is 11.4 Å². The van der Waals surface area contributed by atoms with Gasteiger partial charge < -0.3 is 10.1 Å².